The van der Waals surface area contributed by atoms with Crippen LogP contribution in [0, 0.1) is 11.3 Å². The molecule has 8 heteroatoms. The zero-order valence-electron chi connectivity index (χ0n) is 8.85. The van der Waals surface area contributed by atoms with Crippen molar-refractivity contribution >= 4 is 39.7 Å². The summed E-state index contributed by atoms with van der Waals surface area (Å²) in [5.74, 6) is -0.483. The van der Waals surface area contributed by atoms with E-state index in [0.717, 1.165) is 11.3 Å². The summed E-state index contributed by atoms with van der Waals surface area (Å²) in [7, 11) is 0. The van der Waals surface area contributed by atoms with Crippen LogP contribution in [0.1, 0.15) is 15.4 Å². The minimum atomic E-state index is -0.483. The third-order valence-electron chi connectivity index (χ3n) is 1.99. The average molecular weight is 280 g/mol. The number of benzene rings is 1. The van der Waals surface area contributed by atoms with Gasteiger partial charge in [-0.15, -0.1) is 10.2 Å². The molecule has 2 aromatic rings. The number of carbonyl (C=O) groups is 1. The quantitative estimate of drug-likeness (QED) is 0.873. The number of hydrogen-bond donors (Lipinski definition) is 2. The molecule has 0 radical (unpaired) electrons. The van der Waals surface area contributed by atoms with Crippen LogP contribution in [0.25, 0.3) is 0 Å². The van der Waals surface area contributed by atoms with Gasteiger partial charge in [-0.2, -0.15) is 5.26 Å². The molecule has 2 rings (SSSR count). The van der Waals surface area contributed by atoms with Crippen molar-refractivity contribution in [3.63, 3.8) is 0 Å². The Balaban J connectivity index is 2.27. The van der Waals surface area contributed by atoms with Gasteiger partial charge >= 0.3 is 0 Å². The number of nitrogens with one attached hydrogen (secondary N) is 1. The van der Waals surface area contributed by atoms with Gasteiger partial charge in [0.2, 0.25) is 10.1 Å². The molecule has 0 bridgehead atoms. The maximum Gasteiger partial charge on any atom is 0.286 e. The molecule has 0 aliphatic rings. The summed E-state index contributed by atoms with van der Waals surface area (Å²) in [6.45, 7) is 0. The second-order valence-electron chi connectivity index (χ2n) is 3.20. The molecule has 0 aliphatic carbocycles. The van der Waals surface area contributed by atoms with Crippen LogP contribution in [0.3, 0.4) is 0 Å². The van der Waals surface area contributed by atoms with Gasteiger partial charge in [0.05, 0.1) is 11.3 Å². The summed E-state index contributed by atoms with van der Waals surface area (Å²) in [4.78, 5) is 11.8. The molecule has 0 saturated carbocycles. The highest BCUT2D eigenvalue weighted by Gasteiger charge is 2.14. The number of amides is 1. The number of rotatable bonds is 2. The van der Waals surface area contributed by atoms with Crippen molar-refractivity contribution in [1.29, 1.82) is 5.26 Å². The van der Waals surface area contributed by atoms with Crippen LogP contribution in [0.4, 0.5) is 10.8 Å². The summed E-state index contributed by atoms with van der Waals surface area (Å²) < 4.78 is 0. The number of nitrogen functional groups attached to an aromatic ring is 1. The van der Waals surface area contributed by atoms with E-state index in [1.807, 2.05) is 6.07 Å². The van der Waals surface area contributed by atoms with Crippen LogP contribution in [0.15, 0.2) is 18.2 Å². The van der Waals surface area contributed by atoms with Crippen molar-refractivity contribution in [1.82, 2.24) is 10.2 Å². The molecule has 1 heterocycles. The van der Waals surface area contributed by atoms with Gasteiger partial charge in [-0.1, -0.05) is 22.9 Å². The number of nitrogens with zero attached hydrogens (tertiary/aromatic N) is 3. The predicted octanol–water partition coefficient (Wildman–Crippen LogP) is 1.90. The maximum absolute atomic E-state index is 11.8. The first-order valence-electron chi connectivity index (χ1n) is 4.70. The molecule has 3 N–H and O–H groups in total. The third kappa shape index (κ3) is 2.56. The molecule has 0 unspecified atom stereocenters. The van der Waals surface area contributed by atoms with E-state index in [9.17, 15) is 4.79 Å². The van der Waals surface area contributed by atoms with E-state index in [1.54, 1.807) is 6.07 Å². The van der Waals surface area contributed by atoms with Gasteiger partial charge in [0, 0.05) is 5.02 Å². The lowest BCUT2D eigenvalue weighted by Gasteiger charge is -2.05. The average Bonchev–Trinajstić information content (AvgIpc) is 2.76. The minimum absolute atomic E-state index is 0.122. The molecule has 0 atom stereocenters. The van der Waals surface area contributed by atoms with Crippen molar-refractivity contribution in [2.75, 3.05) is 11.1 Å². The van der Waals surface area contributed by atoms with Crippen molar-refractivity contribution in [3.8, 4) is 6.07 Å². The van der Waals surface area contributed by atoms with Crippen molar-refractivity contribution in [3.05, 3.63) is 33.8 Å². The lowest BCUT2D eigenvalue weighted by Crippen LogP contribution is -2.12. The third-order valence-corrected chi connectivity index (χ3v) is 2.97. The monoisotopic (exact) mass is 279 g/mol. The zero-order valence-corrected chi connectivity index (χ0v) is 10.4. The highest BCUT2D eigenvalue weighted by molar-refractivity contribution is 7.16. The number of aromatic nitrogens is 2. The SMILES string of the molecule is N#Cc1ccc(Cl)cc1NC(=O)c1nnc(N)s1. The molecule has 1 aromatic carbocycles. The van der Waals surface area contributed by atoms with E-state index < -0.39 is 5.91 Å². The molecule has 1 amide bonds. The molecule has 0 saturated heterocycles. The van der Waals surface area contributed by atoms with Gasteiger partial charge in [0.1, 0.15) is 6.07 Å². The van der Waals surface area contributed by atoms with Crippen LogP contribution in [-0.4, -0.2) is 16.1 Å². The first-order chi connectivity index (χ1) is 8.60. The second-order valence-corrected chi connectivity index (χ2v) is 4.65. The molecule has 18 heavy (non-hydrogen) atoms. The van der Waals surface area contributed by atoms with Gasteiger partial charge in [0.25, 0.3) is 5.91 Å². The lowest BCUT2D eigenvalue weighted by molar-refractivity contribution is 0.102. The molecule has 0 aliphatic heterocycles. The fourth-order valence-corrected chi connectivity index (χ4v) is 1.90. The molecule has 0 spiro atoms. The fourth-order valence-electron chi connectivity index (χ4n) is 1.22. The number of carbonyl (C=O) groups excluding carboxylic acids is 1. The predicted molar refractivity (Wildman–Crippen MR) is 68.4 cm³/mol. The molecular formula is C10H6ClN5OS. The van der Waals surface area contributed by atoms with Crippen molar-refractivity contribution < 1.29 is 4.79 Å². The summed E-state index contributed by atoms with van der Waals surface area (Å²) >= 11 is 6.76. The van der Waals surface area contributed by atoms with Crippen molar-refractivity contribution in [2.24, 2.45) is 0 Å². The lowest BCUT2D eigenvalue weighted by atomic mass is 10.2. The normalized spacial score (nSPS) is 9.78. The minimum Gasteiger partial charge on any atom is -0.374 e. The van der Waals surface area contributed by atoms with Crippen LogP contribution in [-0.2, 0) is 0 Å². The topological polar surface area (TPSA) is 105 Å². The molecule has 1 aromatic heterocycles. The van der Waals surface area contributed by atoms with Crippen LogP contribution >= 0.6 is 22.9 Å². The van der Waals surface area contributed by atoms with Gasteiger partial charge in [-0.3, -0.25) is 4.79 Å². The molecule has 6 nitrogen and oxygen atoms in total. The largest absolute Gasteiger partial charge is 0.374 e. The molecule has 90 valence electrons. The van der Waals surface area contributed by atoms with Gasteiger partial charge in [-0.05, 0) is 18.2 Å². The van der Waals surface area contributed by atoms with E-state index in [2.05, 4.69) is 15.5 Å². The Bertz CT molecular complexity index is 648. The van der Waals surface area contributed by atoms with Gasteiger partial charge < -0.3 is 11.1 Å². The Kier molecular flexibility index (Phi) is 3.41. The summed E-state index contributed by atoms with van der Waals surface area (Å²) in [6, 6.07) is 6.53. The molecular weight excluding hydrogens is 274 g/mol. The summed E-state index contributed by atoms with van der Waals surface area (Å²) in [5, 5.41) is 19.3. The van der Waals surface area contributed by atoms with E-state index in [1.165, 1.54) is 12.1 Å². The van der Waals surface area contributed by atoms with Crippen LogP contribution in [0.2, 0.25) is 5.02 Å². The number of nitrogens with two attached hydrogens (primary N) is 1. The Morgan fingerprint density at radius 3 is 2.89 bits per heavy atom. The first-order valence-corrected chi connectivity index (χ1v) is 5.89. The number of nitriles is 1. The van der Waals surface area contributed by atoms with Crippen molar-refractivity contribution in [2.45, 2.75) is 0 Å². The second kappa shape index (κ2) is 5.00. The van der Waals surface area contributed by atoms with E-state index in [-0.39, 0.29) is 10.1 Å². The smallest absolute Gasteiger partial charge is 0.286 e. The molecule has 0 fully saturated rings. The standard InChI is InChI=1S/C10H6ClN5OS/c11-6-2-1-5(4-12)7(3-6)14-8(17)9-15-16-10(13)18-9/h1-3H,(H2,13,16)(H,14,17). The zero-order chi connectivity index (χ0) is 13.1. The van der Waals surface area contributed by atoms with Gasteiger partial charge in [-0.25, -0.2) is 0 Å². The number of hydrogen-bond acceptors (Lipinski definition) is 6. The maximum atomic E-state index is 11.8. The van der Waals surface area contributed by atoms with Crippen LogP contribution < -0.4 is 11.1 Å². The fraction of sp³-hybridized carbons (Fsp3) is 0. The van der Waals surface area contributed by atoms with Gasteiger partial charge in [0.15, 0.2) is 0 Å². The summed E-state index contributed by atoms with van der Waals surface area (Å²) in [6.07, 6.45) is 0. The highest BCUT2D eigenvalue weighted by atomic mass is 35.5. The van der Waals surface area contributed by atoms with E-state index in [4.69, 9.17) is 22.6 Å². The Morgan fingerprint density at radius 2 is 2.28 bits per heavy atom. The Morgan fingerprint density at radius 1 is 1.50 bits per heavy atom. The van der Waals surface area contributed by atoms with E-state index >= 15 is 0 Å². The highest BCUT2D eigenvalue weighted by Crippen LogP contribution is 2.21. The first kappa shape index (κ1) is 12.3. The Hall–Kier alpha value is -2.17. The van der Waals surface area contributed by atoms with E-state index in [0.29, 0.717) is 16.3 Å². The number of halogens is 1. The number of anilines is 2. The Labute approximate surface area is 111 Å². The summed E-state index contributed by atoms with van der Waals surface area (Å²) in [5.41, 5.74) is 6.01. The van der Waals surface area contributed by atoms with Crippen LogP contribution in [0.5, 0.6) is 0 Å².